The summed E-state index contributed by atoms with van der Waals surface area (Å²) in [5, 5.41) is 18.0. The minimum atomic E-state index is -0.0342. The number of nitrogens with zero attached hydrogens (tertiary/aromatic N) is 3. The summed E-state index contributed by atoms with van der Waals surface area (Å²) in [6.07, 6.45) is 3.18. The van der Waals surface area contributed by atoms with E-state index >= 15 is 0 Å². The molecule has 1 aliphatic rings. The quantitative estimate of drug-likeness (QED) is 0.423. The molecule has 1 saturated heterocycles. The summed E-state index contributed by atoms with van der Waals surface area (Å²) in [4.78, 5) is 15.2. The van der Waals surface area contributed by atoms with E-state index in [9.17, 15) is 4.79 Å². The molecular weight excluding hydrogens is 438 g/mol. The Labute approximate surface area is 205 Å². The van der Waals surface area contributed by atoms with Gasteiger partial charge in [-0.05, 0) is 72.9 Å². The third kappa shape index (κ3) is 6.19. The molecule has 35 heavy (non-hydrogen) atoms. The van der Waals surface area contributed by atoms with Gasteiger partial charge < -0.3 is 14.4 Å². The lowest BCUT2D eigenvalue weighted by molar-refractivity contribution is 0.0688. The Bertz CT molecular complexity index is 1250. The van der Waals surface area contributed by atoms with Crippen LogP contribution >= 0.6 is 0 Å². The highest BCUT2D eigenvalue weighted by Gasteiger charge is 2.23. The molecule has 1 aliphatic heterocycles. The van der Waals surface area contributed by atoms with Crippen molar-refractivity contribution in [2.75, 3.05) is 13.1 Å². The molecule has 1 heterocycles. The predicted molar refractivity (Wildman–Crippen MR) is 132 cm³/mol. The van der Waals surface area contributed by atoms with Gasteiger partial charge in [0, 0.05) is 24.7 Å². The molecule has 0 spiro atoms. The van der Waals surface area contributed by atoms with E-state index in [1.807, 2.05) is 17.0 Å². The van der Waals surface area contributed by atoms with Crippen LogP contribution in [0.5, 0.6) is 17.2 Å². The lowest BCUT2D eigenvalue weighted by Crippen LogP contribution is -2.38. The Kier molecular flexibility index (Phi) is 7.65. The van der Waals surface area contributed by atoms with E-state index in [0.29, 0.717) is 46.5 Å². The van der Waals surface area contributed by atoms with Crippen LogP contribution in [0.4, 0.5) is 0 Å². The van der Waals surface area contributed by atoms with Gasteiger partial charge in [0.25, 0.3) is 5.91 Å². The molecule has 6 nitrogen and oxygen atoms in total. The van der Waals surface area contributed by atoms with Crippen molar-refractivity contribution < 1.29 is 14.3 Å². The SMILES string of the molecule is CCC1CCN(C(=O)c2cc(OCc3ccc(C#N)cc3)cc(Oc3ccc(C#N)cc3)c2)CC1. The molecule has 6 heteroatoms. The van der Waals surface area contributed by atoms with Crippen LogP contribution in [0.3, 0.4) is 0 Å². The molecule has 3 aromatic carbocycles. The van der Waals surface area contributed by atoms with Gasteiger partial charge in [-0.1, -0.05) is 25.5 Å². The first-order valence-electron chi connectivity index (χ1n) is 11.8. The molecule has 1 fully saturated rings. The number of likely N-dealkylation sites (tertiary alicyclic amines) is 1. The summed E-state index contributed by atoms with van der Waals surface area (Å²) >= 11 is 0. The maximum atomic E-state index is 13.3. The van der Waals surface area contributed by atoms with Gasteiger partial charge in [0.2, 0.25) is 0 Å². The second-order valence-electron chi connectivity index (χ2n) is 8.67. The Morgan fingerprint density at radius 1 is 0.886 bits per heavy atom. The zero-order valence-corrected chi connectivity index (χ0v) is 19.7. The van der Waals surface area contributed by atoms with Gasteiger partial charge in [-0.25, -0.2) is 0 Å². The third-order valence-corrected chi connectivity index (χ3v) is 6.31. The van der Waals surface area contributed by atoms with Gasteiger partial charge >= 0.3 is 0 Å². The maximum absolute atomic E-state index is 13.3. The number of hydrogen-bond acceptors (Lipinski definition) is 5. The molecule has 0 saturated carbocycles. The highest BCUT2D eigenvalue weighted by Crippen LogP contribution is 2.30. The van der Waals surface area contributed by atoms with Crippen molar-refractivity contribution in [1.82, 2.24) is 4.90 Å². The predicted octanol–water partition coefficient (Wildman–Crippen LogP) is 6.06. The van der Waals surface area contributed by atoms with Crippen LogP contribution in [0.15, 0.2) is 66.7 Å². The number of piperidine rings is 1. The van der Waals surface area contributed by atoms with Gasteiger partial charge in [0.15, 0.2) is 0 Å². The third-order valence-electron chi connectivity index (χ3n) is 6.31. The molecule has 0 bridgehead atoms. The van der Waals surface area contributed by atoms with E-state index in [1.165, 1.54) is 0 Å². The second-order valence-corrected chi connectivity index (χ2v) is 8.67. The maximum Gasteiger partial charge on any atom is 0.254 e. The van der Waals surface area contributed by atoms with Crippen molar-refractivity contribution in [2.24, 2.45) is 5.92 Å². The summed E-state index contributed by atoms with van der Waals surface area (Å²) in [7, 11) is 0. The lowest BCUT2D eigenvalue weighted by Gasteiger charge is -2.31. The van der Waals surface area contributed by atoms with Gasteiger partial charge in [-0.2, -0.15) is 10.5 Å². The number of hydrogen-bond donors (Lipinski definition) is 0. The minimum absolute atomic E-state index is 0.0342. The van der Waals surface area contributed by atoms with Crippen molar-refractivity contribution in [3.8, 4) is 29.4 Å². The van der Waals surface area contributed by atoms with E-state index in [-0.39, 0.29) is 5.91 Å². The van der Waals surface area contributed by atoms with Crippen molar-refractivity contribution in [1.29, 1.82) is 10.5 Å². The molecule has 4 rings (SSSR count). The number of carbonyl (C=O) groups is 1. The van der Waals surface area contributed by atoms with Crippen LogP contribution in [-0.2, 0) is 6.61 Å². The van der Waals surface area contributed by atoms with Gasteiger partial charge in [0.1, 0.15) is 23.9 Å². The minimum Gasteiger partial charge on any atom is -0.489 e. The number of carbonyl (C=O) groups excluding carboxylic acids is 1. The van der Waals surface area contributed by atoms with E-state index < -0.39 is 0 Å². The first-order chi connectivity index (χ1) is 17.1. The van der Waals surface area contributed by atoms with Crippen LogP contribution < -0.4 is 9.47 Å². The molecule has 0 radical (unpaired) electrons. The van der Waals surface area contributed by atoms with Crippen LogP contribution in [-0.4, -0.2) is 23.9 Å². The zero-order chi connectivity index (χ0) is 24.6. The fourth-order valence-corrected chi connectivity index (χ4v) is 4.14. The molecule has 3 aromatic rings. The first kappa shape index (κ1) is 23.9. The van der Waals surface area contributed by atoms with Crippen LogP contribution in [0.2, 0.25) is 0 Å². The summed E-state index contributed by atoms with van der Waals surface area (Å²) in [6, 6.07) is 23.4. The van der Waals surface area contributed by atoms with Crippen molar-refractivity contribution in [3.63, 3.8) is 0 Å². The molecule has 0 aromatic heterocycles. The molecule has 0 unspecified atom stereocenters. The zero-order valence-electron chi connectivity index (χ0n) is 19.7. The van der Waals surface area contributed by atoms with Crippen molar-refractivity contribution >= 4 is 5.91 Å². The Morgan fingerprint density at radius 3 is 2.09 bits per heavy atom. The standard InChI is InChI=1S/C29H27N3O3/c1-2-21-11-13-32(14-12-21)29(33)25-15-27(34-20-24-5-3-22(18-30)4-6-24)17-28(16-25)35-26-9-7-23(19-31)8-10-26/h3-10,15-17,21H,2,11-14,20H2,1H3. The number of amides is 1. The number of rotatable bonds is 7. The van der Waals surface area contributed by atoms with Gasteiger partial charge in [-0.3, -0.25) is 4.79 Å². The average Bonchev–Trinajstić information content (AvgIpc) is 2.92. The molecule has 0 N–H and O–H groups in total. The Morgan fingerprint density at radius 2 is 1.49 bits per heavy atom. The van der Waals surface area contributed by atoms with Gasteiger partial charge in [0.05, 0.1) is 23.3 Å². The highest BCUT2D eigenvalue weighted by molar-refractivity contribution is 5.95. The molecular formula is C29H27N3O3. The van der Waals surface area contributed by atoms with Crippen LogP contribution in [0.1, 0.15) is 53.2 Å². The van der Waals surface area contributed by atoms with E-state index in [0.717, 1.165) is 37.9 Å². The normalized spacial score (nSPS) is 13.5. The second kappa shape index (κ2) is 11.2. The fourth-order valence-electron chi connectivity index (χ4n) is 4.14. The van der Waals surface area contributed by atoms with Crippen molar-refractivity contribution in [3.05, 3.63) is 89.0 Å². The van der Waals surface area contributed by atoms with Crippen LogP contribution in [0, 0.1) is 28.6 Å². The van der Waals surface area contributed by atoms with E-state index in [1.54, 1.807) is 54.6 Å². The molecule has 176 valence electrons. The number of ether oxygens (including phenoxy) is 2. The van der Waals surface area contributed by atoms with E-state index in [2.05, 4.69) is 19.1 Å². The lowest BCUT2D eigenvalue weighted by atomic mass is 9.94. The van der Waals surface area contributed by atoms with Crippen LogP contribution in [0.25, 0.3) is 0 Å². The summed E-state index contributed by atoms with van der Waals surface area (Å²) in [6.45, 7) is 3.99. The van der Waals surface area contributed by atoms with Gasteiger partial charge in [-0.15, -0.1) is 0 Å². The number of nitriles is 2. The smallest absolute Gasteiger partial charge is 0.254 e. The number of benzene rings is 3. The fraction of sp³-hybridized carbons (Fsp3) is 0.276. The highest BCUT2D eigenvalue weighted by atomic mass is 16.5. The molecule has 1 amide bonds. The summed E-state index contributed by atoms with van der Waals surface area (Å²) in [5.74, 6) is 2.21. The van der Waals surface area contributed by atoms with Crippen molar-refractivity contribution in [2.45, 2.75) is 32.8 Å². The Hall–Kier alpha value is -4.29. The Balaban J connectivity index is 1.56. The molecule has 0 aliphatic carbocycles. The monoisotopic (exact) mass is 465 g/mol. The first-order valence-corrected chi connectivity index (χ1v) is 11.8. The largest absolute Gasteiger partial charge is 0.489 e. The average molecular weight is 466 g/mol. The topological polar surface area (TPSA) is 86.3 Å². The summed E-state index contributed by atoms with van der Waals surface area (Å²) in [5.41, 5.74) is 2.56. The molecule has 0 atom stereocenters. The van der Waals surface area contributed by atoms with E-state index in [4.69, 9.17) is 20.0 Å². The summed E-state index contributed by atoms with van der Waals surface area (Å²) < 4.78 is 12.0.